The molecule has 158 valence electrons. The molecule has 0 aliphatic carbocycles. The summed E-state index contributed by atoms with van der Waals surface area (Å²) in [5.41, 5.74) is 1.31. The van der Waals surface area contributed by atoms with E-state index >= 15 is 0 Å². The Morgan fingerprint density at radius 3 is 2.87 bits per heavy atom. The van der Waals surface area contributed by atoms with E-state index in [0.717, 1.165) is 31.0 Å². The molecule has 1 saturated heterocycles. The smallest absolute Gasteiger partial charge is 0.306 e. The Labute approximate surface area is 174 Å². The highest BCUT2D eigenvalue weighted by molar-refractivity contribution is 5.70. The number of aliphatic carboxylic acids is 1. The number of piperazine rings is 1. The molecule has 1 fully saturated rings. The van der Waals surface area contributed by atoms with Gasteiger partial charge in [0.15, 0.2) is 0 Å². The molecule has 0 aromatic carbocycles. The maximum Gasteiger partial charge on any atom is 0.306 e. The lowest BCUT2D eigenvalue weighted by Crippen LogP contribution is -2.52. The van der Waals surface area contributed by atoms with Gasteiger partial charge in [-0.1, -0.05) is 6.92 Å². The van der Waals surface area contributed by atoms with Gasteiger partial charge in [-0.25, -0.2) is 15.0 Å². The Balaban J connectivity index is 1.42. The van der Waals surface area contributed by atoms with Crippen molar-refractivity contribution in [2.75, 3.05) is 29.4 Å². The van der Waals surface area contributed by atoms with Crippen LogP contribution in [0.2, 0.25) is 0 Å². The van der Waals surface area contributed by atoms with Crippen LogP contribution in [0.25, 0.3) is 11.2 Å². The van der Waals surface area contributed by atoms with Crippen LogP contribution in [0.3, 0.4) is 0 Å². The molecular formula is C21H26N6O3. The molecule has 30 heavy (non-hydrogen) atoms. The molecule has 0 radical (unpaired) electrons. The molecule has 1 unspecified atom stereocenters. The SMILES string of the molecule is CCC(CCc1nccc(N2CCN(c3nc4cccnc4o3)[C@@H](C)C2)n1)C(=O)O. The monoisotopic (exact) mass is 410 g/mol. The van der Waals surface area contributed by atoms with Crippen LogP contribution < -0.4 is 9.80 Å². The van der Waals surface area contributed by atoms with E-state index in [9.17, 15) is 9.90 Å². The summed E-state index contributed by atoms with van der Waals surface area (Å²) in [4.78, 5) is 33.4. The van der Waals surface area contributed by atoms with E-state index in [2.05, 4.69) is 36.7 Å². The van der Waals surface area contributed by atoms with Crippen molar-refractivity contribution in [2.45, 2.75) is 39.2 Å². The number of anilines is 2. The van der Waals surface area contributed by atoms with Gasteiger partial charge in [0.1, 0.15) is 17.2 Å². The summed E-state index contributed by atoms with van der Waals surface area (Å²) in [5.74, 6) is 0.445. The molecule has 3 aromatic rings. The predicted octanol–water partition coefficient (Wildman–Crippen LogP) is 2.77. The number of hydrogen-bond donors (Lipinski definition) is 1. The van der Waals surface area contributed by atoms with Crippen LogP contribution in [0, 0.1) is 5.92 Å². The maximum absolute atomic E-state index is 11.2. The summed E-state index contributed by atoms with van der Waals surface area (Å²) in [7, 11) is 0. The van der Waals surface area contributed by atoms with Crippen LogP contribution in [0.15, 0.2) is 35.0 Å². The van der Waals surface area contributed by atoms with Crippen molar-refractivity contribution in [2.24, 2.45) is 5.92 Å². The number of fused-ring (bicyclic) bond motifs is 1. The standard InChI is InChI=1S/C21H26N6O3/c1-3-15(20(28)29)6-7-17-22-10-8-18(25-17)26-11-12-27(14(2)13-26)21-24-16-5-4-9-23-19(16)30-21/h4-5,8-10,14-15H,3,6-7,11-13H2,1-2H3,(H,28,29)/t14-,15?/m0/s1. The second kappa shape index (κ2) is 8.64. The Morgan fingerprint density at radius 2 is 2.13 bits per heavy atom. The molecule has 1 N–H and O–H groups in total. The van der Waals surface area contributed by atoms with Crippen molar-refractivity contribution in [1.29, 1.82) is 0 Å². The van der Waals surface area contributed by atoms with Crippen molar-refractivity contribution in [3.05, 3.63) is 36.4 Å². The Bertz CT molecular complexity index is 990. The fourth-order valence-electron chi connectivity index (χ4n) is 3.82. The van der Waals surface area contributed by atoms with Crippen LogP contribution in [0.1, 0.15) is 32.5 Å². The van der Waals surface area contributed by atoms with E-state index < -0.39 is 5.97 Å². The quantitative estimate of drug-likeness (QED) is 0.629. The minimum atomic E-state index is -0.756. The van der Waals surface area contributed by atoms with Gasteiger partial charge >= 0.3 is 5.97 Å². The van der Waals surface area contributed by atoms with Crippen molar-refractivity contribution in [3.8, 4) is 0 Å². The first-order valence-electron chi connectivity index (χ1n) is 10.3. The fraction of sp³-hybridized carbons (Fsp3) is 0.476. The van der Waals surface area contributed by atoms with Gasteiger partial charge in [-0.2, -0.15) is 4.98 Å². The third-order valence-electron chi connectivity index (χ3n) is 5.60. The van der Waals surface area contributed by atoms with E-state index in [4.69, 9.17) is 4.42 Å². The predicted molar refractivity (Wildman–Crippen MR) is 113 cm³/mol. The van der Waals surface area contributed by atoms with E-state index in [1.807, 2.05) is 25.1 Å². The molecule has 1 aliphatic heterocycles. The zero-order valence-electron chi connectivity index (χ0n) is 17.2. The van der Waals surface area contributed by atoms with Gasteiger partial charge in [-0.15, -0.1) is 0 Å². The first-order valence-corrected chi connectivity index (χ1v) is 10.3. The van der Waals surface area contributed by atoms with Gasteiger partial charge in [-0.3, -0.25) is 4.79 Å². The summed E-state index contributed by atoms with van der Waals surface area (Å²) >= 11 is 0. The normalized spacial score (nSPS) is 18.0. The van der Waals surface area contributed by atoms with Crippen LogP contribution >= 0.6 is 0 Å². The van der Waals surface area contributed by atoms with E-state index in [0.29, 0.717) is 36.8 Å². The van der Waals surface area contributed by atoms with Crippen molar-refractivity contribution in [1.82, 2.24) is 19.9 Å². The average Bonchev–Trinajstić information content (AvgIpc) is 3.18. The molecule has 0 spiro atoms. The molecular weight excluding hydrogens is 384 g/mol. The second-order valence-corrected chi connectivity index (χ2v) is 7.63. The van der Waals surface area contributed by atoms with Gasteiger partial charge < -0.3 is 19.3 Å². The highest BCUT2D eigenvalue weighted by Gasteiger charge is 2.28. The molecule has 4 heterocycles. The lowest BCUT2D eigenvalue weighted by atomic mass is 10.0. The highest BCUT2D eigenvalue weighted by Crippen LogP contribution is 2.25. The Hall–Kier alpha value is -3.23. The lowest BCUT2D eigenvalue weighted by molar-refractivity contribution is -0.142. The molecule has 1 aliphatic rings. The number of pyridine rings is 1. The van der Waals surface area contributed by atoms with E-state index in [1.54, 1.807) is 12.4 Å². The summed E-state index contributed by atoms with van der Waals surface area (Å²) < 4.78 is 5.83. The lowest BCUT2D eigenvalue weighted by Gasteiger charge is -2.39. The molecule has 3 aromatic heterocycles. The van der Waals surface area contributed by atoms with Crippen LogP contribution in [-0.4, -0.2) is 56.7 Å². The van der Waals surface area contributed by atoms with Gasteiger partial charge in [0, 0.05) is 44.5 Å². The van der Waals surface area contributed by atoms with Crippen molar-refractivity contribution in [3.63, 3.8) is 0 Å². The number of rotatable bonds is 7. The maximum atomic E-state index is 11.2. The van der Waals surface area contributed by atoms with Crippen molar-refractivity contribution >= 4 is 29.0 Å². The molecule has 0 amide bonds. The number of carboxylic acids is 1. The number of aromatic nitrogens is 4. The first-order chi connectivity index (χ1) is 14.5. The van der Waals surface area contributed by atoms with E-state index in [-0.39, 0.29) is 12.0 Å². The van der Waals surface area contributed by atoms with Crippen LogP contribution in [-0.2, 0) is 11.2 Å². The van der Waals surface area contributed by atoms with Gasteiger partial charge in [0.2, 0.25) is 5.71 Å². The Kier molecular flexibility index (Phi) is 5.78. The number of oxazole rings is 1. The third-order valence-corrected chi connectivity index (χ3v) is 5.60. The topological polar surface area (TPSA) is 108 Å². The minimum absolute atomic E-state index is 0.182. The molecule has 9 nitrogen and oxygen atoms in total. The summed E-state index contributed by atoms with van der Waals surface area (Å²) in [5, 5.41) is 9.23. The fourth-order valence-corrected chi connectivity index (χ4v) is 3.82. The Morgan fingerprint density at radius 1 is 1.27 bits per heavy atom. The second-order valence-electron chi connectivity index (χ2n) is 7.63. The molecule has 0 saturated carbocycles. The summed E-state index contributed by atoms with van der Waals surface area (Å²) in [6.45, 7) is 6.33. The number of aryl methyl sites for hydroxylation is 1. The van der Waals surface area contributed by atoms with E-state index in [1.165, 1.54) is 0 Å². The molecule has 4 rings (SSSR count). The highest BCUT2D eigenvalue weighted by atomic mass is 16.4. The minimum Gasteiger partial charge on any atom is -0.481 e. The molecule has 2 atom stereocenters. The van der Waals surface area contributed by atoms with Crippen molar-refractivity contribution < 1.29 is 14.3 Å². The number of nitrogens with zero attached hydrogens (tertiary/aromatic N) is 6. The third kappa shape index (κ3) is 4.19. The summed E-state index contributed by atoms with van der Waals surface area (Å²) in [6.07, 6.45) is 5.17. The van der Waals surface area contributed by atoms with Gasteiger partial charge in [0.05, 0.1) is 5.92 Å². The number of carbonyl (C=O) groups is 1. The molecule has 0 bridgehead atoms. The molecule has 9 heteroatoms. The van der Waals surface area contributed by atoms with Gasteiger partial charge in [-0.05, 0) is 38.0 Å². The number of hydrogen-bond acceptors (Lipinski definition) is 8. The summed E-state index contributed by atoms with van der Waals surface area (Å²) in [6, 6.07) is 6.43. The van der Waals surface area contributed by atoms with Crippen LogP contribution in [0.4, 0.5) is 11.8 Å². The largest absolute Gasteiger partial charge is 0.481 e. The first kappa shape index (κ1) is 20.1. The van der Waals surface area contributed by atoms with Crippen LogP contribution in [0.5, 0.6) is 0 Å². The number of carboxylic acid groups (broad SMARTS) is 1. The zero-order chi connectivity index (χ0) is 21.1. The zero-order valence-corrected chi connectivity index (χ0v) is 17.2. The van der Waals surface area contributed by atoms with Gasteiger partial charge in [0.25, 0.3) is 6.01 Å². The average molecular weight is 410 g/mol.